The Morgan fingerprint density at radius 3 is 2.44 bits per heavy atom. The zero-order valence-corrected chi connectivity index (χ0v) is 10.3. The fourth-order valence-corrected chi connectivity index (χ4v) is 2.16. The maximum absolute atomic E-state index is 8.06. The van der Waals surface area contributed by atoms with Crippen LogP contribution in [0, 0.1) is 5.41 Å². The Bertz CT molecular complexity index is 425. The van der Waals surface area contributed by atoms with E-state index < -0.39 is 0 Å². The maximum Gasteiger partial charge on any atom is 0.175 e. The molecule has 16 heavy (non-hydrogen) atoms. The third-order valence-electron chi connectivity index (χ3n) is 2.71. The minimum atomic E-state index is -0.355. The molecule has 1 aromatic carbocycles. The molecule has 1 heterocycles. The molecule has 0 atom stereocenters. The van der Waals surface area contributed by atoms with E-state index in [1.54, 1.807) is 0 Å². The molecule has 3 nitrogen and oxygen atoms in total. The van der Waals surface area contributed by atoms with Crippen LogP contribution in [0.2, 0.25) is 0 Å². The fourth-order valence-electron chi connectivity index (χ4n) is 1.75. The highest BCUT2D eigenvalue weighted by atomic mass is 32.1. The van der Waals surface area contributed by atoms with Gasteiger partial charge < -0.3 is 10.2 Å². The summed E-state index contributed by atoms with van der Waals surface area (Å²) >= 11 is 5.24. The summed E-state index contributed by atoms with van der Waals surface area (Å²) in [6.45, 7) is 4.59. The van der Waals surface area contributed by atoms with Crippen LogP contribution in [0.5, 0.6) is 0 Å². The average Bonchev–Trinajstić information content (AvgIpc) is 2.42. The highest BCUT2D eigenvalue weighted by Crippen LogP contribution is 2.19. The Balaban J connectivity index is 2.18. The normalized spacial score (nSPS) is 18.8. The van der Waals surface area contributed by atoms with Crippen molar-refractivity contribution in [3.05, 3.63) is 35.9 Å². The molecule has 0 aromatic heterocycles. The van der Waals surface area contributed by atoms with Gasteiger partial charge in [0.1, 0.15) is 5.84 Å². The summed E-state index contributed by atoms with van der Waals surface area (Å²) in [6, 6.07) is 10.1. The number of hydrogen-bond acceptors (Lipinski definition) is 2. The Kier molecular flexibility index (Phi) is 2.68. The molecule has 1 aliphatic rings. The first kappa shape index (κ1) is 11.1. The maximum atomic E-state index is 8.06. The summed E-state index contributed by atoms with van der Waals surface area (Å²) in [6.07, 6.45) is 0. The topological polar surface area (TPSA) is 39.1 Å². The lowest BCUT2D eigenvalue weighted by molar-refractivity contribution is 0.588. The van der Waals surface area contributed by atoms with E-state index in [1.807, 2.05) is 49.1 Å². The van der Waals surface area contributed by atoms with Gasteiger partial charge in [-0.05, 0) is 31.6 Å². The number of nitrogens with zero attached hydrogens (tertiary/aromatic N) is 1. The lowest BCUT2D eigenvalue weighted by Gasteiger charge is -2.20. The number of thiocarbonyl (C=S) groups is 1. The predicted octanol–water partition coefficient (Wildman–Crippen LogP) is 2.13. The molecule has 1 fully saturated rings. The van der Waals surface area contributed by atoms with Crippen LogP contribution in [0.25, 0.3) is 0 Å². The van der Waals surface area contributed by atoms with Crippen LogP contribution < -0.4 is 5.32 Å². The van der Waals surface area contributed by atoms with Gasteiger partial charge in [0.25, 0.3) is 0 Å². The molecule has 0 bridgehead atoms. The summed E-state index contributed by atoms with van der Waals surface area (Å²) in [5.74, 6) is 0.529. The molecular weight excluding hydrogens is 218 g/mol. The van der Waals surface area contributed by atoms with Gasteiger partial charge in [-0.2, -0.15) is 0 Å². The average molecular weight is 233 g/mol. The lowest BCUT2D eigenvalue weighted by Crippen LogP contribution is -2.39. The molecule has 2 rings (SSSR count). The van der Waals surface area contributed by atoms with E-state index in [-0.39, 0.29) is 5.54 Å². The van der Waals surface area contributed by atoms with Gasteiger partial charge in [-0.3, -0.25) is 5.41 Å². The second-order valence-corrected chi connectivity index (χ2v) is 4.86. The van der Waals surface area contributed by atoms with E-state index >= 15 is 0 Å². The molecule has 0 radical (unpaired) electrons. The zero-order valence-electron chi connectivity index (χ0n) is 9.45. The van der Waals surface area contributed by atoms with Crippen molar-refractivity contribution in [1.29, 1.82) is 5.41 Å². The lowest BCUT2D eigenvalue weighted by atomic mass is 10.1. The fraction of sp³-hybridized carbons (Fsp3) is 0.333. The molecule has 0 spiro atoms. The third-order valence-corrected chi connectivity index (χ3v) is 3.03. The van der Waals surface area contributed by atoms with Crippen LogP contribution in [0.4, 0.5) is 0 Å². The number of amidine groups is 1. The number of benzene rings is 1. The minimum Gasteiger partial charge on any atom is -0.350 e. The first-order valence-corrected chi connectivity index (χ1v) is 5.64. The Morgan fingerprint density at radius 1 is 1.31 bits per heavy atom. The zero-order chi connectivity index (χ0) is 11.8. The van der Waals surface area contributed by atoms with E-state index in [2.05, 4.69) is 5.32 Å². The van der Waals surface area contributed by atoms with Crippen LogP contribution in [0.1, 0.15) is 19.4 Å². The van der Waals surface area contributed by atoms with E-state index in [0.29, 0.717) is 17.5 Å². The molecular formula is C12H15N3S. The van der Waals surface area contributed by atoms with Gasteiger partial charge in [-0.15, -0.1) is 0 Å². The van der Waals surface area contributed by atoms with Crippen LogP contribution in [-0.2, 0) is 6.54 Å². The second kappa shape index (κ2) is 3.87. The highest BCUT2D eigenvalue weighted by molar-refractivity contribution is 7.80. The molecule has 0 amide bonds. The van der Waals surface area contributed by atoms with E-state index in [4.69, 9.17) is 17.6 Å². The van der Waals surface area contributed by atoms with Crippen LogP contribution in [0.15, 0.2) is 30.3 Å². The molecule has 1 saturated heterocycles. The van der Waals surface area contributed by atoms with Crippen LogP contribution in [-0.4, -0.2) is 21.4 Å². The van der Waals surface area contributed by atoms with Crippen molar-refractivity contribution in [3.63, 3.8) is 0 Å². The van der Waals surface area contributed by atoms with Gasteiger partial charge in [0.15, 0.2) is 5.11 Å². The third kappa shape index (κ3) is 1.93. The first-order valence-electron chi connectivity index (χ1n) is 5.23. The second-order valence-electron chi connectivity index (χ2n) is 4.48. The van der Waals surface area contributed by atoms with Crippen molar-refractivity contribution in [2.24, 2.45) is 0 Å². The summed E-state index contributed by atoms with van der Waals surface area (Å²) in [5, 5.41) is 11.8. The van der Waals surface area contributed by atoms with Crippen molar-refractivity contribution >= 4 is 23.2 Å². The Labute approximate surface area is 101 Å². The van der Waals surface area contributed by atoms with E-state index in [9.17, 15) is 0 Å². The van der Waals surface area contributed by atoms with Gasteiger partial charge >= 0.3 is 0 Å². The smallest absolute Gasteiger partial charge is 0.175 e. The number of rotatable bonds is 2. The number of hydrogen-bond donors (Lipinski definition) is 2. The quantitative estimate of drug-likeness (QED) is 0.769. The molecule has 4 heteroatoms. The van der Waals surface area contributed by atoms with Crippen LogP contribution >= 0.6 is 12.2 Å². The van der Waals surface area contributed by atoms with Gasteiger partial charge in [0.2, 0.25) is 0 Å². The molecule has 0 saturated carbocycles. The largest absolute Gasteiger partial charge is 0.350 e. The van der Waals surface area contributed by atoms with Crippen molar-refractivity contribution in [2.75, 3.05) is 0 Å². The van der Waals surface area contributed by atoms with E-state index in [1.165, 1.54) is 0 Å². The van der Waals surface area contributed by atoms with Crippen molar-refractivity contribution < 1.29 is 0 Å². The Hall–Kier alpha value is -1.42. The monoisotopic (exact) mass is 233 g/mol. The standard InChI is InChI=1S/C12H15N3S/c1-12(2)10(13)15(11(16)14-12)8-9-6-4-3-5-7-9/h3-7,13H,8H2,1-2H3,(H,14,16). The van der Waals surface area contributed by atoms with Crippen LogP contribution in [0.3, 0.4) is 0 Å². The predicted molar refractivity (Wildman–Crippen MR) is 69.5 cm³/mol. The van der Waals surface area contributed by atoms with Crippen molar-refractivity contribution in [1.82, 2.24) is 10.2 Å². The number of nitrogens with one attached hydrogen (secondary N) is 2. The van der Waals surface area contributed by atoms with Crippen molar-refractivity contribution in [2.45, 2.75) is 25.9 Å². The molecule has 1 aromatic rings. The highest BCUT2D eigenvalue weighted by Gasteiger charge is 2.38. The van der Waals surface area contributed by atoms with Crippen molar-refractivity contribution in [3.8, 4) is 0 Å². The van der Waals surface area contributed by atoms with Gasteiger partial charge in [-0.1, -0.05) is 30.3 Å². The van der Waals surface area contributed by atoms with Gasteiger partial charge in [0, 0.05) is 0 Å². The summed E-state index contributed by atoms with van der Waals surface area (Å²) in [5.41, 5.74) is 0.806. The molecule has 0 aliphatic carbocycles. The molecule has 1 aliphatic heterocycles. The Morgan fingerprint density at radius 2 is 1.94 bits per heavy atom. The van der Waals surface area contributed by atoms with E-state index in [0.717, 1.165) is 5.56 Å². The van der Waals surface area contributed by atoms with Gasteiger partial charge in [-0.25, -0.2) is 0 Å². The summed E-state index contributed by atoms with van der Waals surface area (Å²) in [7, 11) is 0. The van der Waals surface area contributed by atoms with Gasteiger partial charge in [0.05, 0.1) is 12.1 Å². The minimum absolute atomic E-state index is 0.355. The SMILES string of the molecule is CC1(C)NC(=S)N(Cc2ccccc2)C1=N. The summed E-state index contributed by atoms with van der Waals surface area (Å²) < 4.78 is 0. The molecule has 0 unspecified atom stereocenters. The summed E-state index contributed by atoms with van der Waals surface area (Å²) in [4.78, 5) is 1.84. The first-order chi connectivity index (χ1) is 7.50. The molecule has 84 valence electrons. The molecule has 2 N–H and O–H groups in total.